The molecule has 1 heterocycles. The molecule has 0 saturated heterocycles. The van der Waals surface area contributed by atoms with E-state index in [1.807, 2.05) is 32.0 Å². The average molecular weight is 281 g/mol. The molecule has 0 radical (unpaired) electrons. The van der Waals surface area contributed by atoms with Gasteiger partial charge in [0.05, 0.1) is 11.3 Å². The predicted molar refractivity (Wildman–Crippen MR) is 83.2 cm³/mol. The van der Waals surface area contributed by atoms with Crippen LogP contribution in [-0.4, -0.2) is 10.8 Å². The Morgan fingerprint density at radius 1 is 1.05 bits per heavy atom. The summed E-state index contributed by atoms with van der Waals surface area (Å²) in [5.41, 5.74) is 5.38. The van der Waals surface area contributed by atoms with Crippen molar-refractivity contribution in [2.45, 2.75) is 20.8 Å². The van der Waals surface area contributed by atoms with Crippen molar-refractivity contribution in [3.8, 4) is 11.3 Å². The van der Waals surface area contributed by atoms with Crippen LogP contribution in [0.2, 0.25) is 0 Å². The van der Waals surface area contributed by atoms with Gasteiger partial charge in [-0.1, -0.05) is 12.1 Å². The second-order valence-electron chi connectivity index (χ2n) is 5.42. The van der Waals surface area contributed by atoms with Crippen molar-refractivity contribution < 1.29 is 9.18 Å². The highest BCUT2D eigenvalue weighted by molar-refractivity contribution is 6.12. The number of halogens is 1. The lowest BCUT2D eigenvalue weighted by Crippen LogP contribution is -1.95. The summed E-state index contributed by atoms with van der Waals surface area (Å²) >= 11 is 0. The summed E-state index contributed by atoms with van der Waals surface area (Å²) in [5, 5.41) is 0.635. The molecule has 0 aliphatic carbocycles. The molecule has 106 valence electrons. The molecule has 0 aliphatic rings. The van der Waals surface area contributed by atoms with E-state index in [9.17, 15) is 9.18 Å². The van der Waals surface area contributed by atoms with Gasteiger partial charge >= 0.3 is 0 Å². The first-order chi connectivity index (χ1) is 9.97. The number of hydrogen-bond donors (Lipinski definition) is 1. The lowest BCUT2D eigenvalue weighted by molar-refractivity contribution is 0.102. The Kier molecular flexibility index (Phi) is 3.13. The monoisotopic (exact) mass is 281 g/mol. The Hall–Kier alpha value is -2.42. The summed E-state index contributed by atoms with van der Waals surface area (Å²) in [4.78, 5) is 15.3. The van der Waals surface area contributed by atoms with Crippen LogP contribution in [0, 0.1) is 19.7 Å². The number of fused-ring (bicyclic) bond motifs is 1. The molecule has 2 nitrogen and oxygen atoms in total. The lowest BCUT2D eigenvalue weighted by Gasteiger charge is -2.05. The van der Waals surface area contributed by atoms with E-state index in [0.717, 1.165) is 22.3 Å². The van der Waals surface area contributed by atoms with Crippen LogP contribution in [0.3, 0.4) is 0 Å². The second-order valence-corrected chi connectivity index (χ2v) is 5.42. The van der Waals surface area contributed by atoms with Gasteiger partial charge in [-0.25, -0.2) is 4.39 Å². The third-order valence-corrected chi connectivity index (χ3v) is 3.91. The minimum atomic E-state index is -0.337. The number of aromatic nitrogens is 1. The van der Waals surface area contributed by atoms with E-state index in [4.69, 9.17) is 0 Å². The zero-order chi connectivity index (χ0) is 15.1. The number of carbonyl (C=O) groups excluding carboxylic acids is 1. The summed E-state index contributed by atoms with van der Waals surface area (Å²) in [6, 6.07) is 10.5. The fraction of sp³-hybridized carbons (Fsp3) is 0.167. The zero-order valence-electron chi connectivity index (χ0n) is 12.3. The van der Waals surface area contributed by atoms with Gasteiger partial charge in [0, 0.05) is 10.9 Å². The minimum Gasteiger partial charge on any atom is -0.354 e. The number of H-pyrrole nitrogens is 1. The molecule has 0 amide bonds. The van der Waals surface area contributed by atoms with E-state index >= 15 is 0 Å². The number of hydrogen-bond acceptors (Lipinski definition) is 1. The van der Waals surface area contributed by atoms with Crippen LogP contribution >= 0.6 is 0 Å². The van der Waals surface area contributed by atoms with E-state index in [2.05, 4.69) is 4.98 Å². The first-order valence-corrected chi connectivity index (χ1v) is 6.87. The van der Waals surface area contributed by atoms with Crippen LogP contribution in [0.15, 0.2) is 36.4 Å². The predicted octanol–water partition coefficient (Wildman–Crippen LogP) is 4.79. The number of benzene rings is 2. The molecule has 0 spiro atoms. The Bertz CT molecular complexity index is 861. The fourth-order valence-corrected chi connectivity index (χ4v) is 2.64. The molecule has 0 saturated carbocycles. The molecule has 21 heavy (non-hydrogen) atoms. The smallest absolute Gasteiger partial charge is 0.162 e. The van der Waals surface area contributed by atoms with Gasteiger partial charge in [0.15, 0.2) is 5.78 Å². The number of ketones is 1. The van der Waals surface area contributed by atoms with Gasteiger partial charge in [-0.15, -0.1) is 0 Å². The molecule has 1 N–H and O–H groups in total. The molecule has 1 aromatic heterocycles. The van der Waals surface area contributed by atoms with E-state index in [1.165, 1.54) is 24.6 Å². The number of rotatable bonds is 2. The van der Waals surface area contributed by atoms with Gasteiger partial charge in [-0.2, -0.15) is 0 Å². The summed E-state index contributed by atoms with van der Waals surface area (Å²) in [6.07, 6.45) is 0. The SMILES string of the molecule is CC(=O)c1c(-c2ccc(C)c(C)c2)[nH]c2ccc(F)cc12. The third kappa shape index (κ3) is 2.25. The largest absolute Gasteiger partial charge is 0.354 e. The van der Waals surface area contributed by atoms with Crippen LogP contribution in [0.25, 0.3) is 22.2 Å². The topological polar surface area (TPSA) is 32.9 Å². The number of carbonyl (C=O) groups is 1. The van der Waals surface area contributed by atoms with Crippen molar-refractivity contribution >= 4 is 16.7 Å². The quantitative estimate of drug-likeness (QED) is 0.673. The van der Waals surface area contributed by atoms with Crippen LogP contribution in [-0.2, 0) is 0 Å². The van der Waals surface area contributed by atoms with Gasteiger partial charge < -0.3 is 4.98 Å². The summed E-state index contributed by atoms with van der Waals surface area (Å²) < 4.78 is 13.5. The molecule has 0 atom stereocenters. The van der Waals surface area contributed by atoms with E-state index < -0.39 is 0 Å². The molecule has 0 fully saturated rings. The maximum Gasteiger partial charge on any atom is 0.162 e. The molecule has 2 aromatic carbocycles. The van der Waals surface area contributed by atoms with Crippen molar-refractivity contribution in [2.75, 3.05) is 0 Å². The Balaban J connectivity index is 2.33. The first kappa shape index (κ1) is 13.6. The van der Waals surface area contributed by atoms with Crippen LogP contribution in [0.1, 0.15) is 28.4 Å². The number of Topliss-reactive ketones (excluding diaryl/α,β-unsaturated/α-hetero) is 1. The van der Waals surface area contributed by atoms with E-state index in [1.54, 1.807) is 6.07 Å². The highest BCUT2D eigenvalue weighted by atomic mass is 19.1. The lowest BCUT2D eigenvalue weighted by atomic mass is 9.99. The highest BCUT2D eigenvalue weighted by Crippen LogP contribution is 2.32. The molecular weight excluding hydrogens is 265 g/mol. The van der Waals surface area contributed by atoms with Crippen LogP contribution in [0.4, 0.5) is 4.39 Å². The molecule has 0 bridgehead atoms. The van der Waals surface area contributed by atoms with Gasteiger partial charge in [-0.3, -0.25) is 4.79 Å². The maximum absolute atomic E-state index is 13.5. The molecule has 3 rings (SSSR count). The van der Waals surface area contributed by atoms with E-state index in [-0.39, 0.29) is 11.6 Å². The second kappa shape index (κ2) is 4.85. The molecular formula is C18H16FNO. The van der Waals surface area contributed by atoms with Gasteiger partial charge in [0.2, 0.25) is 0 Å². The van der Waals surface area contributed by atoms with Crippen LogP contribution < -0.4 is 0 Å². The molecule has 0 aliphatic heterocycles. The summed E-state index contributed by atoms with van der Waals surface area (Å²) in [5.74, 6) is -0.407. The number of aryl methyl sites for hydroxylation is 2. The fourth-order valence-electron chi connectivity index (χ4n) is 2.64. The Morgan fingerprint density at radius 2 is 1.81 bits per heavy atom. The Labute approximate surface area is 122 Å². The molecule has 0 unspecified atom stereocenters. The third-order valence-electron chi connectivity index (χ3n) is 3.91. The molecule has 3 aromatic rings. The molecule has 3 heteroatoms. The standard InChI is InChI=1S/C18H16FNO/c1-10-4-5-13(8-11(10)2)18-17(12(3)21)15-9-14(19)6-7-16(15)20-18/h4-9,20H,1-3H3. The Morgan fingerprint density at radius 3 is 2.48 bits per heavy atom. The number of aromatic amines is 1. The van der Waals surface area contributed by atoms with Gasteiger partial charge in [0.1, 0.15) is 5.82 Å². The van der Waals surface area contributed by atoms with Crippen molar-refractivity contribution in [1.82, 2.24) is 4.98 Å². The summed E-state index contributed by atoms with van der Waals surface area (Å²) in [6.45, 7) is 5.60. The number of nitrogens with one attached hydrogen (secondary N) is 1. The van der Waals surface area contributed by atoms with Crippen LogP contribution in [0.5, 0.6) is 0 Å². The summed E-state index contributed by atoms with van der Waals surface area (Å²) in [7, 11) is 0. The van der Waals surface area contributed by atoms with Crippen molar-refractivity contribution in [1.29, 1.82) is 0 Å². The zero-order valence-corrected chi connectivity index (χ0v) is 12.3. The van der Waals surface area contributed by atoms with Gasteiger partial charge in [0.25, 0.3) is 0 Å². The average Bonchev–Trinajstić information content (AvgIpc) is 2.80. The first-order valence-electron chi connectivity index (χ1n) is 6.87. The van der Waals surface area contributed by atoms with Gasteiger partial charge in [-0.05, 0) is 61.7 Å². The van der Waals surface area contributed by atoms with Crippen molar-refractivity contribution in [3.05, 3.63) is 58.9 Å². The van der Waals surface area contributed by atoms with Crippen molar-refractivity contribution in [2.24, 2.45) is 0 Å². The van der Waals surface area contributed by atoms with Crippen molar-refractivity contribution in [3.63, 3.8) is 0 Å². The minimum absolute atomic E-state index is 0.0694. The highest BCUT2D eigenvalue weighted by Gasteiger charge is 2.17. The van der Waals surface area contributed by atoms with E-state index in [0.29, 0.717) is 10.9 Å². The maximum atomic E-state index is 13.5. The normalized spacial score (nSPS) is 11.0.